The summed E-state index contributed by atoms with van der Waals surface area (Å²) in [6.07, 6.45) is 0. The van der Waals surface area contributed by atoms with Gasteiger partial charge in [-0.25, -0.2) is 5.10 Å². The lowest BCUT2D eigenvalue weighted by atomic mass is 10.1. The average Bonchev–Trinajstić information content (AvgIpc) is 2.39. The Bertz CT molecular complexity index is 649. The van der Waals surface area contributed by atoms with E-state index >= 15 is 0 Å². The van der Waals surface area contributed by atoms with Gasteiger partial charge in [-0.3, -0.25) is 4.79 Å². The van der Waals surface area contributed by atoms with Crippen molar-refractivity contribution < 1.29 is 4.43 Å². The van der Waals surface area contributed by atoms with E-state index in [4.69, 9.17) is 4.43 Å². The molecule has 0 saturated carbocycles. The summed E-state index contributed by atoms with van der Waals surface area (Å²) in [6.45, 7) is 11.1. The SMILES string of the molecule is CC(C)(C)[Si](C)(C)Oc1ccc(-c2ccc(=O)[nH]n2)cc1. The van der Waals surface area contributed by atoms with Crippen molar-refractivity contribution in [1.82, 2.24) is 10.2 Å². The number of hydrogen-bond acceptors (Lipinski definition) is 3. The fourth-order valence-electron chi connectivity index (χ4n) is 1.65. The lowest BCUT2D eigenvalue weighted by Gasteiger charge is -2.36. The molecule has 2 rings (SSSR count). The first-order chi connectivity index (χ1) is 9.69. The zero-order chi connectivity index (χ0) is 15.7. The molecule has 1 N–H and O–H groups in total. The molecule has 1 heterocycles. The topological polar surface area (TPSA) is 55.0 Å². The highest BCUT2D eigenvalue weighted by molar-refractivity contribution is 6.74. The lowest BCUT2D eigenvalue weighted by Crippen LogP contribution is -2.43. The van der Waals surface area contributed by atoms with Crippen molar-refractivity contribution >= 4 is 8.32 Å². The van der Waals surface area contributed by atoms with Crippen molar-refractivity contribution in [3.8, 4) is 17.0 Å². The molecule has 2 aromatic rings. The van der Waals surface area contributed by atoms with Crippen LogP contribution < -0.4 is 9.99 Å². The Morgan fingerprint density at radius 1 is 1.05 bits per heavy atom. The summed E-state index contributed by atoms with van der Waals surface area (Å²) in [7, 11) is -1.81. The predicted octanol–water partition coefficient (Wildman–Crippen LogP) is 3.82. The molecule has 0 saturated heterocycles. The number of aromatic amines is 1. The van der Waals surface area contributed by atoms with Crippen LogP contribution in [0.15, 0.2) is 41.2 Å². The molecular weight excluding hydrogens is 280 g/mol. The second-order valence-electron chi connectivity index (χ2n) is 6.69. The molecule has 5 heteroatoms. The minimum absolute atomic E-state index is 0.173. The first-order valence-electron chi connectivity index (χ1n) is 7.04. The third-order valence-corrected chi connectivity index (χ3v) is 8.37. The van der Waals surface area contributed by atoms with Crippen LogP contribution in [0.25, 0.3) is 11.3 Å². The standard InChI is InChI=1S/C16H22N2O2Si/c1-16(2,3)21(4,5)20-13-8-6-12(7-9-13)14-10-11-15(19)18-17-14/h6-11H,1-5H3,(H,18,19). The van der Waals surface area contributed by atoms with E-state index in [1.165, 1.54) is 6.07 Å². The van der Waals surface area contributed by atoms with Crippen LogP contribution in [0.3, 0.4) is 0 Å². The number of rotatable bonds is 3. The first kappa shape index (κ1) is 15.5. The third-order valence-electron chi connectivity index (χ3n) is 4.01. The highest BCUT2D eigenvalue weighted by atomic mass is 28.4. The zero-order valence-corrected chi connectivity index (χ0v) is 14.2. The monoisotopic (exact) mass is 302 g/mol. The van der Waals surface area contributed by atoms with Gasteiger partial charge in [0.25, 0.3) is 5.56 Å². The summed E-state index contributed by atoms with van der Waals surface area (Å²) in [5.41, 5.74) is 1.50. The molecule has 0 spiro atoms. The second-order valence-corrected chi connectivity index (χ2v) is 11.4. The number of nitrogens with zero attached hydrogens (tertiary/aromatic N) is 1. The first-order valence-corrected chi connectivity index (χ1v) is 9.95. The normalized spacial score (nSPS) is 12.2. The van der Waals surface area contributed by atoms with Crippen molar-refractivity contribution in [2.75, 3.05) is 0 Å². The molecule has 1 aromatic heterocycles. The van der Waals surface area contributed by atoms with Crippen molar-refractivity contribution in [1.29, 1.82) is 0 Å². The smallest absolute Gasteiger partial charge is 0.264 e. The van der Waals surface area contributed by atoms with Gasteiger partial charge in [-0.2, -0.15) is 5.10 Å². The van der Waals surface area contributed by atoms with Crippen molar-refractivity contribution in [2.24, 2.45) is 0 Å². The summed E-state index contributed by atoms with van der Waals surface area (Å²) in [6, 6.07) is 11.0. The Hall–Kier alpha value is -1.88. The number of benzene rings is 1. The van der Waals surface area contributed by atoms with Crippen LogP contribution in [0, 0.1) is 0 Å². The molecule has 0 aliphatic heterocycles. The van der Waals surface area contributed by atoms with Gasteiger partial charge in [0.15, 0.2) is 0 Å². The van der Waals surface area contributed by atoms with Gasteiger partial charge in [0.05, 0.1) is 5.69 Å². The van der Waals surface area contributed by atoms with Crippen molar-refractivity contribution in [2.45, 2.75) is 38.9 Å². The summed E-state index contributed by atoms with van der Waals surface area (Å²) < 4.78 is 6.24. The molecular formula is C16H22N2O2Si. The minimum atomic E-state index is -1.81. The molecule has 0 unspecified atom stereocenters. The largest absolute Gasteiger partial charge is 0.544 e. The van der Waals surface area contributed by atoms with E-state index in [-0.39, 0.29) is 10.6 Å². The molecule has 1 aromatic carbocycles. The maximum Gasteiger partial charge on any atom is 0.264 e. The maximum absolute atomic E-state index is 11.0. The molecule has 0 aliphatic rings. The Balaban J connectivity index is 2.20. The number of H-pyrrole nitrogens is 1. The van der Waals surface area contributed by atoms with E-state index in [1.807, 2.05) is 24.3 Å². The molecule has 0 radical (unpaired) electrons. The minimum Gasteiger partial charge on any atom is -0.544 e. The van der Waals surface area contributed by atoms with E-state index in [0.717, 1.165) is 17.0 Å². The van der Waals surface area contributed by atoms with Gasteiger partial charge in [-0.15, -0.1) is 0 Å². The molecule has 21 heavy (non-hydrogen) atoms. The van der Waals surface area contributed by atoms with Crippen LogP contribution in [0.2, 0.25) is 18.1 Å². The van der Waals surface area contributed by atoms with Gasteiger partial charge in [-0.1, -0.05) is 20.8 Å². The third kappa shape index (κ3) is 3.61. The Labute approximate surface area is 126 Å². The van der Waals surface area contributed by atoms with Crippen LogP contribution >= 0.6 is 0 Å². The zero-order valence-electron chi connectivity index (χ0n) is 13.2. The quantitative estimate of drug-likeness (QED) is 0.877. The fourth-order valence-corrected chi connectivity index (χ4v) is 2.68. The maximum atomic E-state index is 11.0. The van der Waals surface area contributed by atoms with Crippen LogP contribution in [0.4, 0.5) is 0 Å². The molecule has 0 atom stereocenters. The van der Waals surface area contributed by atoms with E-state index in [9.17, 15) is 4.79 Å². The second kappa shape index (κ2) is 5.48. The van der Waals surface area contributed by atoms with Crippen LogP contribution in [-0.2, 0) is 0 Å². The average molecular weight is 302 g/mol. The predicted molar refractivity (Wildman–Crippen MR) is 88.1 cm³/mol. The Morgan fingerprint density at radius 3 is 2.14 bits per heavy atom. The van der Waals surface area contributed by atoms with E-state index in [0.29, 0.717) is 0 Å². The van der Waals surface area contributed by atoms with Gasteiger partial charge >= 0.3 is 0 Å². The molecule has 4 nitrogen and oxygen atoms in total. The molecule has 0 amide bonds. The molecule has 112 valence electrons. The molecule has 0 bridgehead atoms. The Morgan fingerprint density at radius 2 is 1.67 bits per heavy atom. The lowest BCUT2D eigenvalue weighted by molar-refractivity contribution is 0.492. The summed E-state index contributed by atoms with van der Waals surface area (Å²) in [5.74, 6) is 0.884. The van der Waals surface area contributed by atoms with Crippen molar-refractivity contribution in [3.63, 3.8) is 0 Å². The van der Waals surface area contributed by atoms with Gasteiger partial charge in [-0.05, 0) is 48.5 Å². The van der Waals surface area contributed by atoms with Crippen LogP contribution in [-0.4, -0.2) is 18.5 Å². The van der Waals surface area contributed by atoms with Gasteiger partial charge < -0.3 is 4.43 Å². The summed E-state index contributed by atoms with van der Waals surface area (Å²) >= 11 is 0. The van der Waals surface area contributed by atoms with Gasteiger partial charge in [0.1, 0.15) is 5.75 Å². The van der Waals surface area contributed by atoms with Gasteiger partial charge in [0.2, 0.25) is 8.32 Å². The summed E-state index contributed by atoms with van der Waals surface area (Å²) in [4.78, 5) is 11.0. The Kier molecular flexibility index (Phi) is 4.05. The van der Waals surface area contributed by atoms with Crippen molar-refractivity contribution in [3.05, 3.63) is 46.8 Å². The van der Waals surface area contributed by atoms with E-state index < -0.39 is 8.32 Å². The molecule has 0 fully saturated rings. The van der Waals surface area contributed by atoms with Crippen LogP contribution in [0.5, 0.6) is 5.75 Å². The van der Waals surface area contributed by atoms with E-state index in [2.05, 4.69) is 44.1 Å². The van der Waals surface area contributed by atoms with Gasteiger partial charge in [0, 0.05) is 11.6 Å². The highest BCUT2D eigenvalue weighted by Crippen LogP contribution is 2.37. The molecule has 0 aliphatic carbocycles. The number of hydrogen-bond donors (Lipinski definition) is 1. The number of nitrogens with one attached hydrogen (secondary N) is 1. The fraction of sp³-hybridized carbons (Fsp3) is 0.375. The summed E-state index contributed by atoms with van der Waals surface area (Å²) in [5, 5.41) is 6.64. The van der Waals surface area contributed by atoms with E-state index in [1.54, 1.807) is 6.07 Å². The number of aromatic nitrogens is 2. The van der Waals surface area contributed by atoms with Crippen LogP contribution in [0.1, 0.15) is 20.8 Å². The highest BCUT2D eigenvalue weighted by Gasteiger charge is 2.38.